The lowest BCUT2D eigenvalue weighted by Gasteiger charge is -2.35. The molecule has 6 aliphatic rings. The second-order valence-corrected chi connectivity index (χ2v) is 30.6. The molecule has 0 spiro atoms. The first-order valence-electron chi connectivity index (χ1n) is 37.8. The van der Waals surface area contributed by atoms with Crippen LogP contribution in [0.1, 0.15) is 355 Å². The maximum absolute atomic E-state index is 15.7. The Bertz CT molecular complexity index is 3090. The van der Waals surface area contributed by atoms with E-state index in [9.17, 15) is 5.11 Å². The molecule has 2 aliphatic carbocycles. The monoisotopic (exact) mass is 1340 g/mol. The zero-order chi connectivity index (χ0) is 62.7. The van der Waals surface area contributed by atoms with Crippen molar-refractivity contribution >= 4 is 61.3 Å². The zero-order valence-corrected chi connectivity index (χ0v) is 60.0. The molecule has 0 fully saturated rings. The highest BCUT2D eigenvalue weighted by Crippen LogP contribution is 2.61. The van der Waals surface area contributed by atoms with Crippen molar-refractivity contribution in [3.05, 3.63) is 138 Å². The van der Waals surface area contributed by atoms with Crippen LogP contribution in [0.25, 0.3) is 45.8 Å². The zero-order valence-electron chi connectivity index (χ0n) is 56.8. The van der Waals surface area contributed by atoms with Gasteiger partial charge in [-0.1, -0.05) is 329 Å². The molecule has 488 valence electrons. The number of carbonyl (C=O) groups excluding carboxylic acids is 1. The molecule has 90 heavy (non-hydrogen) atoms. The maximum atomic E-state index is 15.7. The van der Waals surface area contributed by atoms with Gasteiger partial charge in [0.15, 0.2) is 6.23 Å². The van der Waals surface area contributed by atoms with Crippen molar-refractivity contribution in [1.29, 1.82) is 0 Å². The van der Waals surface area contributed by atoms with Crippen LogP contribution in [0.15, 0.2) is 93.2 Å². The third-order valence-corrected chi connectivity index (χ3v) is 23.3. The normalized spacial score (nSPS) is 16.7. The number of unbranched alkanes of at least 4 members (excludes halogenated alkanes) is 36. The molecule has 0 bridgehead atoms. The molecule has 4 heterocycles. The van der Waals surface area contributed by atoms with Gasteiger partial charge in [0.1, 0.15) is 0 Å². The fourth-order valence-corrected chi connectivity index (χ4v) is 18.1. The van der Waals surface area contributed by atoms with Gasteiger partial charge in [0.05, 0.1) is 17.0 Å². The molecule has 1 amide bonds. The minimum absolute atomic E-state index is 0.0240. The number of hydrogen-bond donors (Lipinski definition) is 1. The molecule has 1 atom stereocenters. The fourth-order valence-electron chi connectivity index (χ4n) is 17.3. The Labute approximate surface area is 564 Å². The van der Waals surface area contributed by atoms with Gasteiger partial charge < -0.3 is 10.0 Å². The van der Waals surface area contributed by atoms with Gasteiger partial charge >= 0.3 is 0 Å². The highest BCUT2D eigenvalue weighted by molar-refractivity contribution is 9.10. The number of hydrogen-bond acceptors (Lipinski definition) is 3. The largest absolute Gasteiger partial charge is 0.369 e. The Hall–Kier alpha value is -3.97. The van der Waals surface area contributed by atoms with Crippen LogP contribution in [0.5, 0.6) is 0 Å². The van der Waals surface area contributed by atoms with E-state index in [4.69, 9.17) is 0 Å². The van der Waals surface area contributed by atoms with Crippen LogP contribution >= 0.6 is 31.9 Å². The van der Waals surface area contributed by atoms with Crippen molar-refractivity contribution in [1.82, 2.24) is 9.80 Å². The molecule has 4 aromatic carbocycles. The Morgan fingerprint density at radius 2 is 0.678 bits per heavy atom. The maximum Gasteiger partial charge on any atom is 0.265 e. The number of amides is 1. The Kier molecular flexibility index (Phi) is 26.4. The summed E-state index contributed by atoms with van der Waals surface area (Å²) in [4.78, 5) is 19.6. The van der Waals surface area contributed by atoms with Crippen LogP contribution < -0.4 is 0 Å². The van der Waals surface area contributed by atoms with Crippen LogP contribution in [0.4, 0.5) is 0 Å². The first-order valence-corrected chi connectivity index (χ1v) is 39.4. The van der Waals surface area contributed by atoms with Crippen molar-refractivity contribution in [3.63, 3.8) is 0 Å². The molecule has 1 unspecified atom stereocenters. The summed E-state index contributed by atoms with van der Waals surface area (Å²) in [6.07, 6.45) is 65.1. The molecule has 6 heteroatoms. The molecule has 0 saturated carbocycles. The average Bonchev–Trinajstić information content (AvgIpc) is 1.54. The third-order valence-electron chi connectivity index (χ3n) is 22.4. The number of benzene rings is 4. The number of nitrogens with zero attached hydrogens (tertiary/aromatic N) is 2. The molecule has 10 rings (SSSR count). The average molecular weight is 1350 g/mol. The van der Waals surface area contributed by atoms with Gasteiger partial charge in [0.25, 0.3) is 5.91 Å². The summed E-state index contributed by atoms with van der Waals surface area (Å²) in [5, 5.41) is 13.0. The van der Waals surface area contributed by atoms with Gasteiger partial charge in [-0.3, -0.25) is 9.69 Å². The van der Waals surface area contributed by atoms with E-state index in [0.29, 0.717) is 5.57 Å². The molecule has 0 radical (unpaired) electrons. The molecular weight excluding hydrogens is 1230 g/mol. The second kappa shape index (κ2) is 34.4. The number of halogens is 2. The van der Waals surface area contributed by atoms with E-state index in [1.165, 1.54) is 301 Å². The topological polar surface area (TPSA) is 43.8 Å². The fraction of sp³-hybridized carbons (Fsp3) is 0.607. The Morgan fingerprint density at radius 3 is 1.03 bits per heavy atom. The number of fused-ring (bicyclic) bond motifs is 13. The van der Waals surface area contributed by atoms with Crippen molar-refractivity contribution in [3.8, 4) is 22.3 Å². The predicted octanol–water partition coefficient (Wildman–Crippen LogP) is 26.6. The van der Waals surface area contributed by atoms with Crippen molar-refractivity contribution in [2.45, 2.75) is 327 Å². The van der Waals surface area contributed by atoms with E-state index in [0.717, 1.165) is 73.8 Å². The van der Waals surface area contributed by atoms with E-state index in [1.807, 2.05) is 16.0 Å². The lowest BCUT2D eigenvalue weighted by Crippen LogP contribution is -2.30. The SMILES string of the molecule is CCCCCCCCCCCCC1(CCCCCCCCCCCC)c2cc(Br)ccc2-c2cc3c(cc21)C1=C2C(=C4c5cc6c(cc5C=CN4C2O)-c2ccc(Br)cc2C6(CCCCCCCCCCCC)CCCCCCCCCCCC)C(=O)N1C=C3. The molecule has 1 N–H and O–H groups in total. The van der Waals surface area contributed by atoms with E-state index in [-0.39, 0.29) is 16.7 Å². The Morgan fingerprint density at radius 1 is 0.367 bits per heavy atom. The van der Waals surface area contributed by atoms with Gasteiger partial charge in [-0.2, -0.15) is 0 Å². The van der Waals surface area contributed by atoms with Crippen LogP contribution in [-0.4, -0.2) is 27.0 Å². The summed E-state index contributed by atoms with van der Waals surface area (Å²) in [5.41, 5.74) is 18.6. The molecule has 4 nitrogen and oxygen atoms in total. The molecular formula is C84H116Br2N2O2. The summed E-state index contributed by atoms with van der Waals surface area (Å²) in [6, 6.07) is 24.2. The van der Waals surface area contributed by atoms with Crippen molar-refractivity contribution in [2.75, 3.05) is 0 Å². The molecule has 4 aromatic rings. The molecule has 0 saturated heterocycles. The van der Waals surface area contributed by atoms with Gasteiger partial charge in [-0.05, 0) is 142 Å². The van der Waals surface area contributed by atoms with E-state index < -0.39 is 6.23 Å². The van der Waals surface area contributed by atoms with Crippen LogP contribution in [0.3, 0.4) is 0 Å². The quantitative estimate of drug-likeness (QED) is 0.0449. The van der Waals surface area contributed by atoms with E-state index in [2.05, 4.69) is 139 Å². The molecule has 0 aromatic heterocycles. The van der Waals surface area contributed by atoms with Gasteiger partial charge in [0.2, 0.25) is 0 Å². The highest BCUT2D eigenvalue weighted by Gasteiger charge is 2.52. The predicted molar refractivity (Wildman–Crippen MR) is 393 cm³/mol. The van der Waals surface area contributed by atoms with Gasteiger partial charge in [0, 0.05) is 48.9 Å². The smallest absolute Gasteiger partial charge is 0.265 e. The second-order valence-electron chi connectivity index (χ2n) is 28.8. The summed E-state index contributed by atoms with van der Waals surface area (Å²) in [7, 11) is 0. The first-order chi connectivity index (χ1) is 44.2. The molecule has 4 aliphatic heterocycles. The number of rotatable bonds is 44. The number of aliphatic hydroxyl groups excluding tert-OH is 1. The van der Waals surface area contributed by atoms with E-state index in [1.54, 1.807) is 0 Å². The number of aliphatic hydroxyl groups is 1. The van der Waals surface area contributed by atoms with Crippen LogP contribution in [0, 0.1) is 0 Å². The first kappa shape index (κ1) is 68.9. The van der Waals surface area contributed by atoms with Crippen LogP contribution in [-0.2, 0) is 15.6 Å². The lowest BCUT2D eigenvalue weighted by molar-refractivity contribution is -0.121. The van der Waals surface area contributed by atoms with Crippen molar-refractivity contribution < 1.29 is 9.90 Å². The summed E-state index contributed by atoms with van der Waals surface area (Å²) >= 11 is 8.00. The van der Waals surface area contributed by atoms with Crippen LogP contribution in [0.2, 0.25) is 0 Å². The van der Waals surface area contributed by atoms with Crippen molar-refractivity contribution in [2.24, 2.45) is 0 Å². The Balaban J connectivity index is 0.984. The van der Waals surface area contributed by atoms with E-state index >= 15 is 4.79 Å². The third kappa shape index (κ3) is 15.7. The lowest BCUT2D eigenvalue weighted by atomic mass is 9.70. The minimum Gasteiger partial charge on any atom is -0.369 e. The standard InChI is InChI=1S/C84H116Br2N2O2/c1-5-9-13-17-21-25-29-33-37-41-51-83(52-42-38-34-30-26-22-18-14-10-6-2)73-59-65(85)45-47-67(73)71-57-63-49-55-87-79(69(63)61-75(71)83)77-78(82(87)90)80-70-62-76-72(58-64(70)50-56-88(80)81(77)89)68-48-46-66(86)60-74(68)84(76,53-43-39-35-31-27-23-19-15-11-7-3)54-44-40-36-32-28-24-20-16-12-8-4/h45-50,55-62,81,89H,5-44,51-54H2,1-4H3. The number of carbonyl (C=O) groups is 1. The summed E-state index contributed by atoms with van der Waals surface area (Å²) in [5.74, 6) is -0.0240. The van der Waals surface area contributed by atoms with Gasteiger partial charge in [-0.15, -0.1) is 0 Å². The highest BCUT2D eigenvalue weighted by atomic mass is 79.9. The van der Waals surface area contributed by atoms with Gasteiger partial charge in [-0.25, -0.2) is 0 Å². The summed E-state index contributed by atoms with van der Waals surface area (Å²) < 4.78 is 2.30. The minimum atomic E-state index is -0.989. The summed E-state index contributed by atoms with van der Waals surface area (Å²) in [6.45, 7) is 9.25.